The second-order valence-corrected chi connectivity index (χ2v) is 7.00. The summed E-state index contributed by atoms with van der Waals surface area (Å²) in [6.45, 7) is 6.10. The Morgan fingerprint density at radius 2 is 2.06 bits per heavy atom. The predicted molar refractivity (Wildman–Crippen MR) is 69.8 cm³/mol. The van der Waals surface area contributed by atoms with E-state index in [1.54, 1.807) is 13.8 Å². The van der Waals surface area contributed by atoms with Gasteiger partial charge in [0.25, 0.3) is 0 Å². The van der Waals surface area contributed by atoms with Gasteiger partial charge in [0.1, 0.15) is 4.90 Å². The van der Waals surface area contributed by atoms with E-state index in [9.17, 15) is 8.42 Å². The van der Waals surface area contributed by atoms with E-state index in [0.717, 1.165) is 19.3 Å². The third-order valence-corrected chi connectivity index (χ3v) is 5.79. The monoisotopic (exact) mass is 271 g/mol. The Kier molecular flexibility index (Phi) is 3.51. The van der Waals surface area contributed by atoms with Gasteiger partial charge < -0.3 is 0 Å². The van der Waals surface area contributed by atoms with Crippen LogP contribution < -0.4 is 4.72 Å². The molecule has 1 saturated carbocycles. The zero-order chi connectivity index (χ0) is 13.4. The number of sulfonamides is 1. The molecule has 0 aromatic carbocycles. The summed E-state index contributed by atoms with van der Waals surface area (Å²) >= 11 is 0. The van der Waals surface area contributed by atoms with E-state index in [1.165, 1.54) is 6.42 Å². The first-order valence-corrected chi connectivity index (χ1v) is 7.90. The lowest BCUT2D eigenvalue weighted by Gasteiger charge is -2.41. The average Bonchev–Trinajstić information content (AvgIpc) is 2.58. The van der Waals surface area contributed by atoms with Crippen molar-refractivity contribution in [2.45, 2.75) is 51.3 Å². The number of hydrogen-bond acceptors (Lipinski definition) is 3. The Bertz CT molecular complexity index is 505. The van der Waals surface area contributed by atoms with Crippen molar-refractivity contribution in [3.05, 3.63) is 11.4 Å². The summed E-state index contributed by atoms with van der Waals surface area (Å²) in [5.74, 6) is 0. The van der Waals surface area contributed by atoms with Gasteiger partial charge in [-0.3, -0.25) is 5.10 Å². The van der Waals surface area contributed by atoms with Gasteiger partial charge in [0.05, 0.1) is 11.4 Å². The van der Waals surface area contributed by atoms with Crippen LogP contribution in [0.4, 0.5) is 0 Å². The molecule has 2 N–H and O–H groups in total. The topological polar surface area (TPSA) is 74.8 Å². The van der Waals surface area contributed by atoms with Crippen molar-refractivity contribution in [1.82, 2.24) is 14.9 Å². The van der Waals surface area contributed by atoms with Gasteiger partial charge in [-0.25, -0.2) is 13.1 Å². The minimum absolute atomic E-state index is 0.179. The summed E-state index contributed by atoms with van der Waals surface area (Å²) in [6.07, 6.45) is 4.48. The summed E-state index contributed by atoms with van der Waals surface area (Å²) in [7, 11) is -3.44. The lowest BCUT2D eigenvalue weighted by molar-refractivity contribution is 0.133. The Balaban J connectivity index is 2.13. The zero-order valence-electron chi connectivity index (χ0n) is 11.2. The number of hydrogen-bond donors (Lipinski definition) is 2. The van der Waals surface area contributed by atoms with Crippen molar-refractivity contribution in [2.75, 3.05) is 6.54 Å². The molecule has 1 aliphatic carbocycles. The highest BCUT2D eigenvalue weighted by Gasteiger charge is 2.36. The molecular weight excluding hydrogens is 250 g/mol. The lowest BCUT2D eigenvalue weighted by Crippen LogP contribution is -2.41. The molecule has 18 heavy (non-hydrogen) atoms. The predicted octanol–water partition coefficient (Wildman–Crippen LogP) is 1.89. The molecule has 2 rings (SSSR count). The van der Waals surface area contributed by atoms with Crippen LogP contribution in [-0.2, 0) is 10.0 Å². The molecule has 5 nitrogen and oxygen atoms in total. The van der Waals surface area contributed by atoms with Gasteiger partial charge in [-0.2, -0.15) is 5.10 Å². The van der Waals surface area contributed by atoms with Gasteiger partial charge in [0.15, 0.2) is 0 Å². The van der Waals surface area contributed by atoms with Gasteiger partial charge in [-0.15, -0.1) is 0 Å². The fourth-order valence-electron chi connectivity index (χ4n) is 2.59. The van der Waals surface area contributed by atoms with Crippen molar-refractivity contribution in [2.24, 2.45) is 5.41 Å². The SMILES string of the molecule is CCC1(CNS(=O)(=O)c2c(C)n[nH]c2C)CCC1. The fraction of sp³-hybridized carbons (Fsp3) is 0.750. The Morgan fingerprint density at radius 3 is 2.44 bits per heavy atom. The molecule has 1 aromatic heterocycles. The zero-order valence-corrected chi connectivity index (χ0v) is 12.0. The van der Waals surface area contributed by atoms with E-state index in [4.69, 9.17) is 0 Å². The normalized spacial score (nSPS) is 18.6. The minimum Gasteiger partial charge on any atom is -0.281 e. The van der Waals surface area contributed by atoms with Gasteiger partial charge >= 0.3 is 0 Å². The Hall–Kier alpha value is -0.880. The van der Waals surface area contributed by atoms with Crippen LogP contribution in [0.2, 0.25) is 0 Å². The first-order valence-electron chi connectivity index (χ1n) is 6.41. The molecule has 6 heteroatoms. The first-order chi connectivity index (χ1) is 8.40. The van der Waals surface area contributed by atoms with E-state index < -0.39 is 10.0 Å². The van der Waals surface area contributed by atoms with E-state index in [-0.39, 0.29) is 5.41 Å². The Morgan fingerprint density at radius 1 is 1.39 bits per heavy atom. The van der Waals surface area contributed by atoms with Crippen LogP contribution >= 0.6 is 0 Å². The van der Waals surface area contributed by atoms with Crippen molar-refractivity contribution >= 4 is 10.0 Å². The van der Waals surface area contributed by atoms with Gasteiger partial charge in [0.2, 0.25) is 10.0 Å². The fourth-order valence-corrected chi connectivity index (χ4v) is 4.11. The van der Waals surface area contributed by atoms with Gasteiger partial charge in [-0.1, -0.05) is 13.3 Å². The number of rotatable bonds is 5. The van der Waals surface area contributed by atoms with Crippen molar-refractivity contribution in [3.63, 3.8) is 0 Å². The van der Waals surface area contributed by atoms with Crippen molar-refractivity contribution in [1.29, 1.82) is 0 Å². The van der Waals surface area contributed by atoms with Crippen LogP contribution in [0.25, 0.3) is 0 Å². The van der Waals surface area contributed by atoms with Gasteiger partial charge in [-0.05, 0) is 38.5 Å². The first kappa shape index (κ1) is 13.5. The third-order valence-electron chi connectivity index (χ3n) is 4.13. The van der Waals surface area contributed by atoms with E-state index in [1.807, 2.05) is 0 Å². The number of aromatic amines is 1. The summed E-state index contributed by atoms with van der Waals surface area (Å²) in [5, 5.41) is 6.65. The molecule has 0 saturated heterocycles. The molecule has 1 aromatic rings. The highest BCUT2D eigenvalue weighted by molar-refractivity contribution is 7.89. The van der Waals surface area contributed by atoms with E-state index in [2.05, 4.69) is 21.8 Å². The molecule has 102 valence electrons. The molecular formula is C12H21N3O2S. The highest BCUT2D eigenvalue weighted by Crippen LogP contribution is 2.43. The van der Waals surface area contributed by atoms with Crippen molar-refractivity contribution < 1.29 is 8.42 Å². The third kappa shape index (κ3) is 2.31. The summed E-state index contributed by atoms with van der Waals surface area (Å²) < 4.78 is 27.3. The van der Waals surface area contributed by atoms with Gasteiger partial charge in [0, 0.05) is 6.54 Å². The molecule has 0 bridgehead atoms. The second kappa shape index (κ2) is 4.66. The van der Waals surface area contributed by atoms with Crippen LogP contribution in [0.1, 0.15) is 44.0 Å². The molecule has 1 aliphatic rings. The van der Waals surface area contributed by atoms with Crippen LogP contribution in [0.5, 0.6) is 0 Å². The Labute approximate surface area is 108 Å². The lowest BCUT2D eigenvalue weighted by atomic mass is 9.67. The molecule has 0 atom stereocenters. The quantitative estimate of drug-likeness (QED) is 0.858. The summed E-state index contributed by atoms with van der Waals surface area (Å²) in [5.41, 5.74) is 1.30. The maximum Gasteiger partial charge on any atom is 0.244 e. The van der Waals surface area contributed by atoms with Crippen LogP contribution in [-0.4, -0.2) is 25.2 Å². The number of nitrogens with zero attached hydrogens (tertiary/aromatic N) is 1. The number of aryl methyl sites for hydroxylation is 2. The van der Waals surface area contributed by atoms with Crippen LogP contribution in [0, 0.1) is 19.3 Å². The number of H-pyrrole nitrogens is 1. The largest absolute Gasteiger partial charge is 0.281 e. The minimum atomic E-state index is -3.44. The highest BCUT2D eigenvalue weighted by atomic mass is 32.2. The van der Waals surface area contributed by atoms with Crippen molar-refractivity contribution in [3.8, 4) is 0 Å². The molecule has 0 spiro atoms. The number of aromatic nitrogens is 2. The van der Waals surface area contributed by atoms with E-state index in [0.29, 0.717) is 22.8 Å². The van der Waals surface area contributed by atoms with Crippen LogP contribution in [0.15, 0.2) is 4.90 Å². The maximum atomic E-state index is 12.3. The molecule has 0 amide bonds. The molecule has 1 fully saturated rings. The molecule has 0 aliphatic heterocycles. The molecule has 0 radical (unpaired) electrons. The molecule has 1 heterocycles. The second-order valence-electron chi connectivity index (χ2n) is 5.29. The summed E-state index contributed by atoms with van der Waals surface area (Å²) in [4.78, 5) is 0.299. The number of nitrogens with one attached hydrogen (secondary N) is 2. The van der Waals surface area contributed by atoms with Crippen LogP contribution in [0.3, 0.4) is 0 Å². The average molecular weight is 271 g/mol. The smallest absolute Gasteiger partial charge is 0.244 e. The maximum absolute atomic E-state index is 12.3. The molecule has 0 unspecified atom stereocenters. The summed E-state index contributed by atoms with van der Waals surface area (Å²) in [6, 6.07) is 0. The standard InChI is InChI=1S/C12H21N3O2S/c1-4-12(6-5-7-12)8-13-18(16,17)11-9(2)14-15-10(11)3/h13H,4-8H2,1-3H3,(H,14,15). The van der Waals surface area contributed by atoms with E-state index >= 15 is 0 Å².